The number of aromatic nitrogens is 2. The van der Waals surface area contributed by atoms with Crippen LogP contribution in [0.2, 0.25) is 0 Å². The number of anilines is 1. The van der Waals surface area contributed by atoms with E-state index in [-0.39, 0.29) is 0 Å². The average molecular weight is 253 g/mol. The van der Waals surface area contributed by atoms with Gasteiger partial charge in [-0.3, -0.25) is 4.79 Å². The molecule has 1 aromatic heterocycles. The van der Waals surface area contributed by atoms with Gasteiger partial charge in [0.15, 0.2) is 0 Å². The summed E-state index contributed by atoms with van der Waals surface area (Å²) < 4.78 is 5.09. The minimum Gasteiger partial charge on any atom is -0.481 e. The molecule has 0 aliphatic rings. The van der Waals surface area contributed by atoms with Gasteiger partial charge in [-0.05, 0) is 13.8 Å². The molecule has 1 atom stereocenters. The van der Waals surface area contributed by atoms with Crippen molar-refractivity contribution in [3.05, 3.63) is 11.9 Å². The van der Waals surface area contributed by atoms with E-state index < -0.39 is 11.9 Å². The molecule has 0 aromatic carbocycles. The van der Waals surface area contributed by atoms with Gasteiger partial charge in [-0.1, -0.05) is 6.92 Å². The Balaban J connectivity index is 2.94. The molecule has 1 heterocycles. The highest BCUT2D eigenvalue weighted by Crippen LogP contribution is 2.18. The summed E-state index contributed by atoms with van der Waals surface area (Å²) in [6.07, 6.45) is 0. The molecule has 0 aliphatic carbocycles. The average Bonchev–Trinajstić information content (AvgIpc) is 2.34. The lowest BCUT2D eigenvalue weighted by Crippen LogP contribution is -2.32. The van der Waals surface area contributed by atoms with Crippen LogP contribution in [0.1, 0.15) is 19.7 Å². The van der Waals surface area contributed by atoms with Crippen molar-refractivity contribution in [2.24, 2.45) is 5.92 Å². The minimum atomic E-state index is -0.814. The monoisotopic (exact) mass is 253 g/mol. The van der Waals surface area contributed by atoms with Gasteiger partial charge in [-0.2, -0.15) is 4.98 Å². The van der Waals surface area contributed by atoms with Crippen molar-refractivity contribution in [2.45, 2.75) is 20.8 Å². The van der Waals surface area contributed by atoms with Gasteiger partial charge in [0.05, 0.1) is 13.0 Å². The fourth-order valence-corrected chi connectivity index (χ4v) is 1.59. The molecule has 0 saturated heterocycles. The molecule has 1 N–H and O–H groups in total. The summed E-state index contributed by atoms with van der Waals surface area (Å²) in [5.74, 6) is 0.511. The molecule has 0 aliphatic heterocycles. The molecule has 0 bridgehead atoms. The first-order chi connectivity index (χ1) is 8.47. The van der Waals surface area contributed by atoms with E-state index >= 15 is 0 Å². The molecular weight excluding hydrogens is 234 g/mol. The second kappa shape index (κ2) is 6.18. The fourth-order valence-electron chi connectivity index (χ4n) is 1.59. The Bertz CT molecular complexity index is 423. The molecule has 6 nitrogen and oxygen atoms in total. The Labute approximate surface area is 107 Å². The summed E-state index contributed by atoms with van der Waals surface area (Å²) in [6, 6.07) is 1.71. The number of nitrogens with zero attached hydrogens (tertiary/aromatic N) is 3. The molecular formula is C12H19N3O3. The smallest absolute Gasteiger partial charge is 0.308 e. The third kappa shape index (κ3) is 3.58. The van der Waals surface area contributed by atoms with Gasteiger partial charge in [0.25, 0.3) is 0 Å². The number of rotatable bonds is 6. The van der Waals surface area contributed by atoms with E-state index in [0.717, 1.165) is 0 Å². The zero-order valence-corrected chi connectivity index (χ0v) is 11.2. The van der Waals surface area contributed by atoms with E-state index in [1.165, 1.54) is 0 Å². The largest absolute Gasteiger partial charge is 0.481 e. The highest BCUT2D eigenvalue weighted by atomic mass is 16.5. The molecule has 0 amide bonds. The van der Waals surface area contributed by atoms with Gasteiger partial charge in [0.1, 0.15) is 11.6 Å². The number of aliphatic carboxylic acids is 1. The summed E-state index contributed by atoms with van der Waals surface area (Å²) in [5, 5.41) is 8.94. The summed E-state index contributed by atoms with van der Waals surface area (Å²) in [6.45, 7) is 6.50. The van der Waals surface area contributed by atoms with E-state index in [0.29, 0.717) is 30.6 Å². The molecule has 0 spiro atoms. The van der Waals surface area contributed by atoms with Crippen molar-refractivity contribution in [1.29, 1.82) is 0 Å². The highest BCUT2D eigenvalue weighted by Gasteiger charge is 2.17. The summed E-state index contributed by atoms with van der Waals surface area (Å²) in [5.41, 5.74) is 0. The third-order valence-corrected chi connectivity index (χ3v) is 2.63. The summed E-state index contributed by atoms with van der Waals surface area (Å²) in [4.78, 5) is 21.2. The lowest BCUT2D eigenvalue weighted by Gasteiger charge is -2.24. The molecule has 0 radical (unpaired) electrons. The van der Waals surface area contributed by atoms with Crippen LogP contribution in [0, 0.1) is 12.8 Å². The van der Waals surface area contributed by atoms with Gasteiger partial charge >= 0.3 is 5.97 Å². The predicted octanol–water partition coefficient (Wildman–Crippen LogP) is 1.34. The molecule has 1 aromatic rings. The zero-order valence-electron chi connectivity index (χ0n) is 11.2. The van der Waals surface area contributed by atoms with Crippen LogP contribution in [-0.2, 0) is 4.79 Å². The van der Waals surface area contributed by atoms with Crippen LogP contribution in [0.15, 0.2) is 6.07 Å². The lowest BCUT2D eigenvalue weighted by atomic mass is 10.1. The maximum Gasteiger partial charge on any atom is 0.308 e. The maximum atomic E-state index is 10.9. The van der Waals surface area contributed by atoms with Crippen molar-refractivity contribution in [1.82, 2.24) is 9.97 Å². The van der Waals surface area contributed by atoms with Crippen LogP contribution < -0.4 is 9.64 Å². The Morgan fingerprint density at radius 3 is 2.72 bits per heavy atom. The number of carboxylic acids is 1. The number of hydrogen-bond donors (Lipinski definition) is 1. The minimum absolute atomic E-state index is 0.408. The Hall–Kier alpha value is -1.85. The second-order valence-electron chi connectivity index (χ2n) is 4.09. The van der Waals surface area contributed by atoms with Crippen LogP contribution >= 0.6 is 0 Å². The number of aryl methyl sites for hydroxylation is 1. The van der Waals surface area contributed by atoms with Gasteiger partial charge in [-0.25, -0.2) is 4.98 Å². The number of hydrogen-bond acceptors (Lipinski definition) is 5. The van der Waals surface area contributed by atoms with Gasteiger partial charge in [0, 0.05) is 19.2 Å². The van der Waals surface area contributed by atoms with Crippen molar-refractivity contribution in [3.8, 4) is 5.88 Å². The quantitative estimate of drug-likeness (QED) is 0.824. The molecule has 100 valence electrons. The predicted molar refractivity (Wildman–Crippen MR) is 68.0 cm³/mol. The maximum absolute atomic E-state index is 10.9. The van der Waals surface area contributed by atoms with Crippen molar-refractivity contribution < 1.29 is 14.6 Å². The standard InChI is InChI=1S/C12H19N3O3/c1-5-15(7-8(2)12(16)17)10-6-11(18-4)14-9(3)13-10/h6,8H,5,7H2,1-4H3,(H,16,17). The SMILES string of the molecule is CCN(CC(C)C(=O)O)c1cc(OC)nc(C)n1. The lowest BCUT2D eigenvalue weighted by molar-refractivity contribution is -0.140. The molecule has 18 heavy (non-hydrogen) atoms. The molecule has 0 saturated carbocycles. The van der Waals surface area contributed by atoms with Crippen molar-refractivity contribution in [2.75, 3.05) is 25.1 Å². The number of ether oxygens (including phenoxy) is 1. The van der Waals surface area contributed by atoms with Crippen molar-refractivity contribution >= 4 is 11.8 Å². The Morgan fingerprint density at radius 1 is 1.56 bits per heavy atom. The van der Waals surface area contributed by atoms with Crippen LogP contribution in [0.25, 0.3) is 0 Å². The summed E-state index contributed by atoms with van der Waals surface area (Å²) >= 11 is 0. The van der Waals surface area contributed by atoms with Crippen LogP contribution in [0.5, 0.6) is 5.88 Å². The van der Waals surface area contributed by atoms with E-state index in [1.807, 2.05) is 11.8 Å². The Morgan fingerprint density at radius 2 is 2.22 bits per heavy atom. The first kappa shape index (κ1) is 14.2. The van der Waals surface area contributed by atoms with E-state index in [1.54, 1.807) is 27.0 Å². The fraction of sp³-hybridized carbons (Fsp3) is 0.583. The molecule has 1 unspecified atom stereocenters. The van der Waals surface area contributed by atoms with Crippen LogP contribution in [-0.4, -0.2) is 41.2 Å². The normalized spacial score (nSPS) is 12.0. The topological polar surface area (TPSA) is 75.6 Å². The van der Waals surface area contributed by atoms with Gasteiger partial charge in [-0.15, -0.1) is 0 Å². The van der Waals surface area contributed by atoms with E-state index in [4.69, 9.17) is 9.84 Å². The van der Waals surface area contributed by atoms with E-state index in [9.17, 15) is 4.79 Å². The van der Waals surface area contributed by atoms with Crippen molar-refractivity contribution in [3.63, 3.8) is 0 Å². The summed E-state index contributed by atoms with van der Waals surface area (Å²) in [7, 11) is 1.54. The van der Waals surface area contributed by atoms with Crippen LogP contribution in [0.4, 0.5) is 5.82 Å². The molecule has 1 rings (SSSR count). The van der Waals surface area contributed by atoms with Gasteiger partial charge in [0.2, 0.25) is 5.88 Å². The number of carbonyl (C=O) groups is 1. The van der Waals surface area contributed by atoms with Crippen LogP contribution in [0.3, 0.4) is 0 Å². The molecule has 6 heteroatoms. The first-order valence-electron chi connectivity index (χ1n) is 5.85. The van der Waals surface area contributed by atoms with Gasteiger partial charge < -0.3 is 14.7 Å². The zero-order chi connectivity index (χ0) is 13.7. The second-order valence-corrected chi connectivity index (χ2v) is 4.09. The highest BCUT2D eigenvalue weighted by molar-refractivity contribution is 5.70. The third-order valence-electron chi connectivity index (χ3n) is 2.63. The van der Waals surface area contributed by atoms with E-state index in [2.05, 4.69) is 9.97 Å². The number of carboxylic acid groups (broad SMARTS) is 1. The first-order valence-corrected chi connectivity index (χ1v) is 5.85. The Kier molecular flexibility index (Phi) is 4.88. The molecule has 0 fully saturated rings. The number of methoxy groups -OCH3 is 1.